The highest BCUT2D eigenvalue weighted by atomic mass is 16.3. The topological polar surface area (TPSA) is 70.6 Å². The van der Waals surface area contributed by atoms with Gasteiger partial charge in [-0.15, -0.1) is 0 Å². The summed E-state index contributed by atoms with van der Waals surface area (Å²) in [6, 6.07) is 0. The number of hydrogen-bond donors (Lipinski definition) is 3. The largest absolute Gasteiger partial charge is 0.396 e. The summed E-state index contributed by atoms with van der Waals surface area (Å²) in [4.78, 5) is 4.36. The van der Waals surface area contributed by atoms with Crippen LogP contribution in [-0.4, -0.2) is 30.8 Å². The quantitative estimate of drug-likeness (QED) is 0.445. The van der Waals surface area contributed by atoms with Crippen LogP contribution >= 0.6 is 0 Å². The van der Waals surface area contributed by atoms with Crippen LogP contribution in [0.15, 0.2) is 4.99 Å². The van der Waals surface area contributed by atoms with Gasteiger partial charge in [0.1, 0.15) is 0 Å². The summed E-state index contributed by atoms with van der Waals surface area (Å²) in [5.74, 6) is 1.83. The first-order valence-electron chi connectivity index (χ1n) is 6.90. The summed E-state index contributed by atoms with van der Waals surface area (Å²) in [5.41, 5.74) is 5.82. The fraction of sp³-hybridized carbons (Fsp3) is 0.923. The zero-order valence-corrected chi connectivity index (χ0v) is 11.0. The van der Waals surface area contributed by atoms with Crippen LogP contribution in [0, 0.1) is 11.8 Å². The molecule has 0 amide bonds. The molecule has 1 saturated carbocycles. The van der Waals surface area contributed by atoms with Gasteiger partial charge in [0.15, 0.2) is 5.96 Å². The molecule has 100 valence electrons. The lowest BCUT2D eigenvalue weighted by Crippen LogP contribution is -2.37. The van der Waals surface area contributed by atoms with Crippen LogP contribution in [0.25, 0.3) is 0 Å². The molecular weight excluding hydrogens is 214 g/mol. The minimum atomic E-state index is 0.246. The Morgan fingerprint density at radius 2 is 2.24 bits per heavy atom. The molecule has 0 spiro atoms. The number of nitrogens with one attached hydrogen (secondary N) is 1. The highest BCUT2D eigenvalue weighted by molar-refractivity contribution is 5.77. The lowest BCUT2D eigenvalue weighted by molar-refractivity contribution is 0.253. The molecule has 0 bridgehead atoms. The zero-order valence-electron chi connectivity index (χ0n) is 11.0. The molecule has 0 heterocycles. The standard InChI is InChI=1S/C13H27N3O/c1-2-4-11(7-8-17)9-15-13(14)16-10-12-5-3-6-12/h11-12,17H,2-10H2,1H3,(H3,14,15,16). The third-order valence-electron chi connectivity index (χ3n) is 3.55. The fourth-order valence-electron chi connectivity index (χ4n) is 2.15. The van der Waals surface area contributed by atoms with Gasteiger partial charge >= 0.3 is 0 Å². The van der Waals surface area contributed by atoms with E-state index in [1.807, 2.05) is 0 Å². The number of guanidine groups is 1. The normalized spacial score (nSPS) is 18.8. The highest BCUT2D eigenvalue weighted by Gasteiger charge is 2.16. The van der Waals surface area contributed by atoms with Gasteiger partial charge in [-0.05, 0) is 37.5 Å². The molecule has 1 atom stereocenters. The van der Waals surface area contributed by atoms with Crippen molar-refractivity contribution >= 4 is 5.96 Å². The molecular formula is C13H27N3O. The lowest BCUT2D eigenvalue weighted by Gasteiger charge is -2.25. The average Bonchev–Trinajstić information content (AvgIpc) is 2.24. The van der Waals surface area contributed by atoms with Gasteiger partial charge in [-0.2, -0.15) is 0 Å². The van der Waals surface area contributed by atoms with Crippen LogP contribution in [0.1, 0.15) is 45.4 Å². The van der Waals surface area contributed by atoms with Crippen molar-refractivity contribution in [3.63, 3.8) is 0 Å². The SMILES string of the molecule is CCCC(CCO)CN=C(N)NCC1CCC1. The van der Waals surface area contributed by atoms with Crippen molar-refractivity contribution in [2.24, 2.45) is 22.6 Å². The van der Waals surface area contributed by atoms with E-state index < -0.39 is 0 Å². The predicted molar refractivity (Wildman–Crippen MR) is 71.9 cm³/mol. The van der Waals surface area contributed by atoms with Crippen molar-refractivity contribution < 1.29 is 5.11 Å². The smallest absolute Gasteiger partial charge is 0.188 e. The van der Waals surface area contributed by atoms with E-state index >= 15 is 0 Å². The van der Waals surface area contributed by atoms with Crippen LogP contribution < -0.4 is 11.1 Å². The van der Waals surface area contributed by atoms with E-state index in [4.69, 9.17) is 10.8 Å². The predicted octanol–water partition coefficient (Wildman–Crippen LogP) is 1.49. The van der Waals surface area contributed by atoms with Crippen molar-refractivity contribution in [2.75, 3.05) is 19.7 Å². The molecule has 1 rings (SSSR count). The molecule has 1 aliphatic carbocycles. The van der Waals surface area contributed by atoms with E-state index in [-0.39, 0.29) is 6.61 Å². The zero-order chi connectivity index (χ0) is 12.5. The summed E-state index contributed by atoms with van der Waals surface area (Å²) in [6.07, 6.45) is 7.08. The minimum Gasteiger partial charge on any atom is -0.396 e. The number of aliphatic imine (C=N–C) groups is 1. The Labute approximate surface area is 105 Å². The number of aliphatic hydroxyl groups excluding tert-OH is 1. The second kappa shape index (κ2) is 8.34. The van der Waals surface area contributed by atoms with Crippen LogP contribution in [0.3, 0.4) is 0 Å². The summed E-state index contributed by atoms with van der Waals surface area (Å²) in [5, 5.41) is 12.1. The summed E-state index contributed by atoms with van der Waals surface area (Å²) in [6.45, 7) is 4.10. The molecule has 1 unspecified atom stereocenters. The first-order chi connectivity index (χ1) is 8.26. The minimum absolute atomic E-state index is 0.246. The molecule has 4 N–H and O–H groups in total. The van der Waals surface area contributed by atoms with E-state index in [2.05, 4.69) is 17.2 Å². The number of nitrogens with two attached hydrogens (primary N) is 1. The maximum Gasteiger partial charge on any atom is 0.188 e. The van der Waals surface area contributed by atoms with Crippen molar-refractivity contribution in [1.29, 1.82) is 0 Å². The first kappa shape index (κ1) is 14.3. The molecule has 17 heavy (non-hydrogen) atoms. The van der Waals surface area contributed by atoms with Crippen LogP contribution in [0.4, 0.5) is 0 Å². The number of hydrogen-bond acceptors (Lipinski definition) is 2. The van der Waals surface area contributed by atoms with E-state index in [0.717, 1.165) is 38.3 Å². The monoisotopic (exact) mass is 241 g/mol. The molecule has 4 nitrogen and oxygen atoms in total. The molecule has 0 aromatic carbocycles. The fourth-order valence-corrected chi connectivity index (χ4v) is 2.15. The molecule has 1 aliphatic rings. The van der Waals surface area contributed by atoms with E-state index in [0.29, 0.717) is 11.9 Å². The van der Waals surface area contributed by atoms with Gasteiger partial charge in [-0.25, -0.2) is 0 Å². The van der Waals surface area contributed by atoms with Crippen LogP contribution in [0.5, 0.6) is 0 Å². The van der Waals surface area contributed by atoms with Crippen molar-refractivity contribution in [3.8, 4) is 0 Å². The molecule has 0 aromatic rings. The molecule has 0 saturated heterocycles. The maximum atomic E-state index is 8.95. The highest BCUT2D eigenvalue weighted by Crippen LogP contribution is 2.24. The summed E-state index contributed by atoms with van der Waals surface area (Å²) < 4.78 is 0. The number of nitrogens with zero attached hydrogens (tertiary/aromatic N) is 1. The maximum absolute atomic E-state index is 8.95. The number of aliphatic hydroxyl groups is 1. The van der Waals surface area contributed by atoms with Gasteiger partial charge in [0, 0.05) is 19.7 Å². The summed E-state index contributed by atoms with van der Waals surface area (Å²) >= 11 is 0. The van der Waals surface area contributed by atoms with E-state index in [1.54, 1.807) is 0 Å². The van der Waals surface area contributed by atoms with Gasteiger partial charge in [0.2, 0.25) is 0 Å². The molecule has 0 radical (unpaired) electrons. The Kier molecular flexibility index (Phi) is 7.01. The van der Waals surface area contributed by atoms with Crippen LogP contribution in [-0.2, 0) is 0 Å². The second-order valence-electron chi connectivity index (χ2n) is 5.07. The molecule has 4 heteroatoms. The Hall–Kier alpha value is -0.770. The summed E-state index contributed by atoms with van der Waals surface area (Å²) in [7, 11) is 0. The lowest BCUT2D eigenvalue weighted by atomic mass is 9.85. The van der Waals surface area contributed by atoms with Gasteiger partial charge in [0.25, 0.3) is 0 Å². The van der Waals surface area contributed by atoms with E-state index in [1.165, 1.54) is 19.3 Å². The Balaban J connectivity index is 2.18. The van der Waals surface area contributed by atoms with Crippen molar-refractivity contribution in [1.82, 2.24) is 5.32 Å². The third kappa shape index (κ3) is 5.91. The molecule has 0 aromatic heterocycles. The van der Waals surface area contributed by atoms with Crippen LogP contribution in [0.2, 0.25) is 0 Å². The van der Waals surface area contributed by atoms with E-state index in [9.17, 15) is 0 Å². The molecule has 1 fully saturated rings. The number of rotatable bonds is 8. The Bertz CT molecular complexity index is 221. The van der Waals surface area contributed by atoms with Crippen molar-refractivity contribution in [2.45, 2.75) is 45.4 Å². The Morgan fingerprint density at radius 1 is 1.47 bits per heavy atom. The average molecular weight is 241 g/mol. The Morgan fingerprint density at radius 3 is 2.76 bits per heavy atom. The second-order valence-corrected chi connectivity index (χ2v) is 5.07. The van der Waals surface area contributed by atoms with Gasteiger partial charge in [-0.1, -0.05) is 19.8 Å². The third-order valence-corrected chi connectivity index (χ3v) is 3.55. The first-order valence-corrected chi connectivity index (χ1v) is 6.90. The van der Waals surface area contributed by atoms with Gasteiger partial charge < -0.3 is 16.2 Å². The molecule has 0 aliphatic heterocycles. The van der Waals surface area contributed by atoms with Gasteiger partial charge in [-0.3, -0.25) is 4.99 Å². The van der Waals surface area contributed by atoms with Crippen molar-refractivity contribution in [3.05, 3.63) is 0 Å². The van der Waals surface area contributed by atoms with Gasteiger partial charge in [0.05, 0.1) is 0 Å².